The highest BCUT2D eigenvalue weighted by Gasteiger charge is 2.17. The molecule has 0 amide bonds. The first-order valence-corrected chi connectivity index (χ1v) is 3.89. The highest BCUT2D eigenvalue weighted by molar-refractivity contribution is 9.10. The van der Waals surface area contributed by atoms with E-state index in [0.29, 0.717) is 0 Å². The molecule has 1 heterocycles. The molecule has 0 saturated carbocycles. The van der Waals surface area contributed by atoms with Gasteiger partial charge in [0.25, 0.3) is 0 Å². The number of rotatable bonds is 3. The zero-order valence-corrected chi connectivity index (χ0v) is 7.76. The van der Waals surface area contributed by atoms with Crippen LogP contribution in [-0.2, 0) is 11.3 Å². The molecule has 1 rings (SSSR count). The van der Waals surface area contributed by atoms with Gasteiger partial charge in [-0.15, -0.1) is 0 Å². The van der Waals surface area contributed by atoms with E-state index in [1.165, 1.54) is 0 Å². The normalized spacial score (nSPS) is 9.92. The molecule has 0 unspecified atom stereocenters. The molecule has 0 atom stereocenters. The Hall–Kier alpha value is -1.44. The van der Waals surface area contributed by atoms with Gasteiger partial charge in [0.1, 0.15) is 4.60 Å². The molecule has 0 bridgehead atoms. The van der Waals surface area contributed by atoms with Gasteiger partial charge < -0.3 is 15.2 Å². The molecule has 0 radical (unpaired) electrons. The highest BCUT2D eigenvalue weighted by atomic mass is 79.9. The van der Waals surface area contributed by atoms with Crippen LogP contribution in [0.5, 0.6) is 0 Å². The van der Waals surface area contributed by atoms with Crippen LogP contribution in [0, 0.1) is 10.1 Å². The van der Waals surface area contributed by atoms with E-state index in [2.05, 4.69) is 21.0 Å². The van der Waals surface area contributed by atoms with Crippen LogP contribution in [0.3, 0.4) is 0 Å². The third-order valence-electron chi connectivity index (χ3n) is 1.19. The number of aliphatic carboxylic acids is 1. The Morgan fingerprint density at radius 2 is 2.46 bits per heavy atom. The number of carboxylic acids is 1. The number of carbonyl (C=O) groups is 1. The number of hydrogen-bond acceptors (Lipinski definition) is 4. The fraction of sp³-hybridized carbons (Fsp3) is 0.200. The molecule has 8 heteroatoms. The largest absolute Gasteiger partial charge is 0.480 e. The van der Waals surface area contributed by atoms with Crippen LogP contribution in [0.2, 0.25) is 0 Å². The van der Waals surface area contributed by atoms with Crippen molar-refractivity contribution in [3.63, 3.8) is 0 Å². The number of halogens is 1. The van der Waals surface area contributed by atoms with Crippen molar-refractivity contribution in [3.05, 3.63) is 20.8 Å². The molecule has 0 aliphatic carbocycles. The minimum atomic E-state index is -1.11. The lowest BCUT2D eigenvalue weighted by atomic mass is 10.6. The number of aromatic nitrogens is 2. The van der Waals surface area contributed by atoms with E-state index in [9.17, 15) is 14.9 Å². The van der Waals surface area contributed by atoms with E-state index in [0.717, 1.165) is 10.7 Å². The summed E-state index contributed by atoms with van der Waals surface area (Å²) in [7, 11) is 0. The van der Waals surface area contributed by atoms with Gasteiger partial charge in [-0.05, 0) is 20.9 Å². The SMILES string of the molecule is O=C(O)Cn1nc([N+](=O)[O-])cc1Br. The molecular weight excluding hydrogens is 246 g/mol. The van der Waals surface area contributed by atoms with E-state index in [-0.39, 0.29) is 10.4 Å². The van der Waals surface area contributed by atoms with E-state index in [1.54, 1.807) is 0 Å². The zero-order valence-electron chi connectivity index (χ0n) is 6.18. The average molecular weight is 250 g/mol. The summed E-state index contributed by atoms with van der Waals surface area (Å²) in [6.45, 7) is -0.408. The fourth-order valence-corrected chi connectivity index (χ4v) is 1.12. The first-order chi connectivity index (χ1) is 6.00. The molecule has 0 aliphatic rings. The minimum Gasteiger partial charge on any atom is -0.480 e. The summed E-state index contributed by atoms with van der Waals surface area (Å²) in [5.74, 6) is -1.49. The molecule has 70 valence electrons. The third-order valence-corrected chi connectivity index (χ3v) is 1.83. The molecule has 1 aromatic heterocycles. The predicted octanol–water partition coefficient (Wildman–Crippen LogP) is 0.638. The number of nitrogens with zero attached hydrogens (tertiary/aromatic N) is 3. The maximum absolute atomic E-state index is 10.2. The summed E-state index contributed by atoms with van der Waals surface area (Å²) < 4.78 is 1.25. The van der Waals surface area contributed by atoms with Crippen LogP contribution in [0.4, 0.5) is 5.82 Å². The lowest BCUT2D eigenvalue weighted by Gasteiger charge is -1.90. The second-order valence-corrected chi connectivity index (χ2v) is 2.95. The minimum absolute atomic E-state index is 0.265. The third kappa shape index (κ3) is 2.25. The lowest BCUT2D eigenvalue weighted by molar-refractivity contribution is -0.389. The number of hydrogen-bond donors (Lipinski definition) is 1. The summed E-state index contributed by atoms with van der Waals surface area (Å²) in [6, 6.07) is 1.14. The molecule has 0 aliphatic heterocycles. The van der Waals surface area contributed by atoms with Gasteiger partial charge in [0, 0.05) is 0 Å². The van der Waals surface area contributed by atoms with Crippen molar-refractivity contribution in [1.82, 2.24) is 9.78 Å². The van der Waals surface area contributed by atoms with Gasteiger partial charge in [-0.1, -0.05) is 0 Å². The Kier molecular flexibility index (Phi) is 2.61. The van der Waals surface area contributed by atoms with Crippen LogP contribution < -0.4 is 0 Å². The van der Waals surface area contributed by atoms with Gasteiger partial charge in [-0.2, -0.15) is 4.68 Å². The van der Waals surface area contributed by atoms with Crippen molar-refractivity contribution in [2.24, 2.45) is 0 Å². The second-order valence-electron chi connectivity index (χ2n) is 2.13. The van der Waals surface area contributed by atoms with Crippen molar-refractivity contribution in [2.45, 2.75) is 6.54 Å². The van der Waals surface area contributed by atoms with Crippen LogP contribution in [0.1, 0.15) is 0 Å². The zero-order chi connectivity index (χ0) is 10.0. The van der Waals surface area contributed by atoms with E-state index in [4.69, 9.17) is 5.11 Å². The molecule has 0 saturated heterocycles. The van der Waals surface area contributed by atoms with Crippen molar-refractivity contribution >= 4 is 27.7 Å². The van der Waals surface area contributed by atoms with E-state index < -0.39 is 17.4 Å². The van der Waals surface area contributed by atoms with Crippen molar-refractivity contribution < 1.29 is 14.8 Å². The van der Waals surface area contributed by atoms with Crippen LogP contribution in [0.15, 0.2) is 10.7 Å². The Bertz CT molecular complexity index is 361. The molecule has 13 heavy (non-hydrogen) atoms. The Morgan fingerprint density at radius 3 is 2.85 bits per heavy atom. The van der Waals surface area contributed by atoms with E-state index in [1.807, 2.05) is 0 Å². The molecule has 0 fully saturated rings. The molecule has 0 aromatic carbocycles. The van der Waals surface area contributed by atoms with Gasteiger partial charge in [0.05, 0.1) is 11.2 Å². The summed E-state index contributed by atoms with van der Waals surface area (Å²) in [4.78, 5) is 19.8. The van der Waals surface area contributed by atoms with Gasteiger partial charge >= 0.3 is 11.8 Å². The first kappa shape index (κ1) is 9.65. The highest BCUT2D eigenvalue weighted by Crippen LogP contribution is 2.16. The Labute approximate surface area is 80.2 Å². The van der Waals surface area contributed by atoms with Crippen molar-refractivity contribution in [2.75, 3.05) is 0 Å². The van der Waals surface area contributed by atoms with Gasteiger partial charge in [0.15, 0.2) is 6.54 Å². The van der Waals surface area contributed by atoms with Crippen LogP contribution in [0.25, 0.3) is 0 Å². The molecule has 0 spiro atoms. The standard InChI is InChI=1S/C5H4BrN3O4/c6-3-1-4(9(12)13)7-8(3)2-5(10)11/h1H,2H2,(H,10,11). The van der Waals surface area contributed by atoms with E-state index >= 15 is 0 Å². The van der Waals surface area contributed by atoms with Gasteiger partial charge in [-0.3, -0.25) is 4.79 Å². The van der Waals surface area contributed by atoms with Crippen molar-refractivity contribution in [3.8, 4) is 0 Å². The predicted molar refractivity (Wildman–Crippen MR) is 44.2 cm³/mol. The monoisotopic (exact) mass is 249 g/mol. The fourth-order valence-electron chi connectivity index (χ4n) is 0.710. The lowest BCUT2D eigenvalue weighted by Crippen LogP contribution is -2.10. The first-order valence-electron chi connectivity index (χ1n) is 3.10. The summed E-state index contributed by atoms with van der Waals surface area (Å²) in [5, 5.41) is 22.0. The Morgan fingerprint density at radius 1 is 1.85 bits per heavy atom. The van der Waals surface area contributed by atoms with Crippen LogP contribution in [-0.4, -0.2) is 25.8 Å². The topological polar surface area (TPSA) is 98.3 Å². The number of carboxylic acid groups (broad SMARTS) is 1. The second kappa shape index (κ2) is 3.52. The van der Waals surface area contributed by atoms with Gasteiger partial charge in [0.2, 0.25) is 0 Å². The van der Waals surface area contributed by atoms with Crippen LogP contribution >= 0.6 is 15.9 Å². The quantitative estimate of drug-likeness (QED) is 0.626. The summed E-state index contributed by atoms with van der Waals surface area (Å²) in [6.07, 6.45) is 0. The number of nitro groups is 1. The Balaban J connectivity index is 2.96. The maximum atomic E-state index is 10.2. The molecule has 1 aromatic rings. The molecule has 7 nitrogen and oxygen atoms in total. The maximum Gasteiger partial charge on any atom is 0.391 e. The smallest absolute Gasteiger partial charge is 0.391 e. The average Bonchev–Trinajstić information content (AvgIpc) is 2.31. The summed E-state index contributed by atoms with van der Waals surface area (Å²) >= 11 is 2.95. The molecular formula is C5H4BrN3O4. The van der Waals surface area contributed by atoms with Crippen molar-refractivity contribution in [1.29, 1.82) is 0 Å². The van der Waals surface area contributed by atoms with Gasteiger partial charge in [-0.25, -0.2) is 0 Å². The summed E-state index contributed by atoms with van der Waals surface area (Å²) in [5.41, 5.74) is 0. The molecule has 1 N–H and O–H groups in total.